The second-order valence-electron chi connectivity index (χ2n) is 6.91. The van der Waals surface area contributed by atoms with Crippen LogP contribution in [-0.4, -0.2) is 37.1 Å². The van der Waals surface area contributed by atoms with E-state index in [1.807, 2.05) is 25.4 Å². The molecule has 5 heterocycles. The molecule has 0 bridgehead atoms. The summed E-state index contributed by atoms with van der Waals surface area (Å²) in [5.74, 6) is 0.0644. The van der Waals surface area contributed by atoms with E-state index in [1.165, 1.54) is 6.07 Å². The molecule has 4 aromatic heterocycles. The highest BCUT2D eigenvalue weighted by atomic mass is 19.1. The second-order valence-corrected chi connectivity index (χ2v) is 6.91. The molecule has 1 aliphatic heterocycles. The molecule has 7 heteroatoms. The Hall–Kier alpha value is -2.80. The van der Waals surface area contributed by atoms with Crippen molar-refractivity contribution < 1.29 is 4.39 Å². The zero-order valence-electron chi connectivity index (χ0n) is 14.5. The van der Waals surface area contributed by atoms with E-state index in [-0.39, 0.29) is 5.82 Å². The zero-order chi connectivity index (χ0) is 17.7. The third-order valence-corrected chi connectivity index (χ3v) is 5.12. The minimum atomic E-state index is -0.326. The van der Waals surface area contributed by atoms with Crippen molar-refractivity contribution in [1.82, 2.24) is 29.3 Å². The summed E-state index contributed by atoms with van der Waals surface area (Å²) < 4.78 is 18.2. The number of hydrogen-bond acceptors (Lipinski definition) is 4. The molecule has 4 aromatic rings. The van der Waals surface area contributed by atoms with Crippen LogP contribution >= 0.6 is 0 Å². The monoisotopic (exact) mass is 350 g/mol. The highest BCUT2D eigenvalue weighted by Crippen LogP contribution is 2.27. The predicted molar refractivity (Wildman–Crippen MR) is 96.7 cm³/mol. The Balaban J connectivity index is 1.61. The molecule has 1 fully saturated rings. The molecule has 26 heavy (non-hydrogen) atoms. The molecule has 132 valence electrons. The van der Waals surface area contributed by atoms with Crippen LogP contribution in [0.2, 0.25) is 0 Å². The van der Waals surface area contributed by atoms with E-state index in [2.05, 4.69) is 20.4 Å². The van der Waals surface area contributed by atoms with E-state index in [4.69, 9.17) is 0 Å². The third kappa shape index (κ3) is 2.47. The smallest absolute Gasteiger partial charge is 0.173 e. The molecule has 5 rings (SSSR count). The van der Waals surface area contributed by atoms with Crippen LogP contribution in [0.3, 0.4) is 0 Å². The molecule has 0 unspecified atom stereocenters. The van der Waals surface area contributed by atoms with Gasteiger partial charge in [-0.25, -0.2) is 18.9 Å². The number of nitrogens with one attached hydrogen (secondary N) is 1. The van der Waals surface area contributed by atoms with Gasteiger partial charge in [0, 0.05) is 36.3 Å². The number of piperidine rings is 1. The lowest BCUT2D eigenvalue weighted by atomic mass is 9.95. The molecular weight excluding hydrogens is 331 g/mol. The standard InChI is InChI=1S/C19H19FN6/c1-12-8-16(24-26-7-6-22-18(12)26)14-9-15(20)19-23-17(11-25(19)10-14)13-2-4-21-5-3-13/h6-11,13,21H,2-5H2,1H3. The minimum Gasteiger partial charge on any atom is -0.317 e. The number of imidazole rings is 2. The molecule has 0 saturated carbocycles. The lowest BCUT2D eigenvalue weighted by Gasteiger charge is -2.20. The van der Waals surface area contributed by atoms with E-state index in [9.17, 15) is 4.39 Å². The first-order valence-corrected chi connectivity index (χ1v) is 8.89. The third-order valence-electron chi connectivity index (χ3n) is 5.12. The van der Waals surface area contributed by atoms with Crippen molar-refractivity contribution in [2.24, 2.45) is 0 Å². The molecular formula is C19H19FN6. The van der Waals surface area contributed by atoms with E-state index < -0.39 is 0 Å². The summed E-state index contributed by atoms with van der Waals surface area (Å²) in [6.45, 7) is 3.95. The van der Waals surface area contributed by atoms with Crippen molar-refractivity contribution in [3.05, 3.63) is 54.0 Å². The lowest BCUT2D eigenvalue weighted by Crippen LogP contribution is -2.26. The number of aromatic nitrogens is 5. The second kappa shape index (κ2) is 5.88. The first-order chi connectivity index (χ1) is 12.7. The van der Waals surface area contributed by atoms with Gasteiger partial charge in [-0.05, 0) is 50.6 Å². The molecule has 0 aromatic carbocycles. The maximum absolute atomic E-state index is 14.7. The predicted octanol–water partition coefficient (Wildman–Crippen LogP) is 2.96. The van der Waals surface area contributed by atoms with Gasteiger partial charge < -0.3 is 9.72 Å². The van der Waals surface area contributed by atoms with Crippen LogP contribution in [0.4, 0.5) is 4.39 Å². The summed E-state index contributed by atoms with van der Waals surface area (Å²) in [6.07, 6.45) is 9.45. The van der Waals surface area contributed by atoms with Gasteiger partial charge in [-0.15, -0.1) is 0 Å². The quantitative estimate of drug-likeness (QED) is 0.604. The van der Waals surface area contributed by atoms with Crippen molar-refractivity contribution in [2.45, 2.75) is 25.7 Å². The van der Waals surface area contributed by atoms with Crippen LogP contribution in [0.1, 0.15) is 30.0 Å². The van der Waals surface area contributed by atoms with Gasteiger partial charge in [0.25, 0.3) is 0 Å². The summed E-state index contributed by atoms with van der Waals surface area (Å²) in [7, 11) is 0. The van der Waals surface area contributed by atoms with Crippen molar-refractivity contribution >= 4 is 11.3 Å². The average Bonchev–Trinajstić information content (AvgIpc) is 3.29. The summed E-state index contributed by atoms with van der Waals surface area (Å²) in [4.78, 5) is 8.84. The van der Waals surface area contributed by atoms with Crippen molar-refractivity contribution in [1.29, 1.82) is 0 Å². The number of rotatable bonds is 2. The van der Waals surface area contributed by atoms with E-state index >= 15 is 0 Å². The Bertz CT molecular complexity index is 1110. The highest BCUT2D eigenvalue weighted by Gasteiger charge is 2.20. The SMILES string of the molecule is Cc1cc(-c2cc(F)c3nc(C4CCNCC4)cn3c2)nn2ccnc12. The van der Waals surface area contributed by atoms with Gasteiger partial charge in [0.1, 0.15) is 0 Å². The molecule has 6 nitrogen and oxygen atoms in total. The number of pyridine rings is 1. The Morgan fingerprint density at radius 2 is 2.00 bits per heavy atom. The maximum Gasteiger partial charge on any atom is 0.173 e. The van der Waals surface area contributed by atoms with Crippen LogP contribution in [0, 0.1) is 12.7 Å². The molecule has 1 N–H and O–H groups in total. The van der Waals surface area contributed by atoms with Gasteiger partial charge in [-0.2, -0.15) is 5.10 Å². The molecule has 0 aliphatic carbocycles. The number of aryl methyl sites for hydroxylation is 1. The molecule has 0 amide bonds. The van der Waals surface area contributed by atoms with Crippen LogP contribution in [0.5, 0.6) is 0 Å². The van der Waals surface area contributed by atoms with Gasteiger partial charge in [-0.3, -0.25) is 0 Å². The van der Waals surface area contributed by atoms with Crippen LogP contribution < -0.4 is 5.32 Å². The van der Waals surface area contributed by atoms with Gasteiger partial charge in [0.2, 0.25) is 0 Å². The number of fused-ring (bicyclic) bond motifs is 2. The fraction of sp³-hybridized carbons (Fsp3) is 0.316. The maximum atomic E-state index is 14.7. The van der Waals surface area contributed by atoms with Gasteiger partial charge in [-0.1, -0.05) is 0 Å². The van der Waals surface area contributed by atoms with Gasteiger partial charge >= 0.3 is 0 Å². The Morgan fingerprint density at radius 1 is 1.15 bits per heavy atom. The van der Waals surface area contributed by atoms with Gasteiger partial charge in [0.15, 0.2) is 17.1 Å². The first-order valence-electron chi connectivity index (χ1n) is 8.89. The number of halogens is 1. The van der Waals surface area contributed by atoms with E-state index in [0.717, 1.165) is 48.4 Å². The number of nitrogens with zero attached hydrogens (tertiary/aromatic N) is 5. The Kier molecular flexibility index (Phi) is 3.49. The van der Waals surface area contributed by atoms with Crippen molar-refractivity contribution in [3.63, 3.8) is 0 Å². The fourth-order valence-corrected chi connectivity index (χ4v) is 3.75. The van der Waals surface area contributed by atoms with Crippen molar-refractivity contribution in [3.8, 4) is 11.3 Å². The summed E-state index contributed by atoms with van der Waals surface area (Å²) in [5, 5.41) is 7.91. The normalized spacial score (nSPS) is 15.9. The first kappa shape index (κ1) is 15.5. The lowest BCUT2D eigenvalue weighted by molar-refractivity contribution is 0.454. The largest absolute Gasteiger partial charge is 0.317 e. The van der Waals surface area contributed by atoms with Crippen LogP contribution in [0.15, 0.2) is 36.9 Å². The minimum absolute atomic E-state index is 0.326. The zero-order valence-corrected chi connectivity index (χ0v) is 14.5. The topological polar surface area (TPSA) is 59.5 Å². The average molecular weight is 350 g/mol. The Morgan fingerprint density at radius 3 is 2.85 bits per heavy atom. The summed E-state index contributed by atoms with van der Waals surface area (Å²) >= 11 is 0. The molecule has 0 atom stereocenters. The molecule has 0 radical (unpaired) electrons. The van der Waals surface area contributed by atoms with E-state index in [0.29, 0.717) is 17.3 Å². The summed E-state index contributed by atoms with van der Waals surface area (Å²) in [6, 6.07) is 3.45. The molecule has 1 aliphatic rings. The van der Waals surface area contributed by atoms with Gasteiger partial charge in [0.05, 0.1) is 11.4 Å². The van der Waals surface area contributed by atoms with Crippen LogP contribution in [0.25, 0.3) is 22.6 Å². The van der Waals surface area contributed by atoms with Crippen LogP contribution in [-0.2, 0) is 0 Å². The molecule has 0 spiro atoms. The Labute approximate surface area is 149 Å². The van der Waals surface area contributed by atoms with Crippen molar-refractivity contribution in [2.75, 3.05) is 13.1 Å². The highest BCUT2D eigenvalue weighted by molar-refractivity contribution is 5.64. The van der Waals surface area contributed by atoms with E-state index in [1.54, 1.807) is 21.3 Å². The number of hydrogen-bond donors (Lipinski definition) is 1. The summed E-state index contributed by atoms with van der Waals surface area (Å²) in [5.41, 5.74) is 4.60. The fourth-order valence-electron chi connectivity index (χ4n) is 3.75. The molecule has 1 saturated heterocycles.